The molecular weight excluding hydrogens is 260 g/mol. The predicted octanol–water partition coefficient (Wildman–Crippen LogP) is 0.860. The van der Waals surface area contributed by atoms with Crippen LogP contribution in [-0.4, -0.2) is 47.4 Å². The summed E-state index contributed by atoms with van der Waals surface area (Å²) in [4.78, 5) is 36.5. The monoisotopic (exact) mass is 284 g/mol. The summed E-state index contributed by atoms with van der Waals surface area (Å²) in [5, 5.41) is 11.9. The number of carboxylic acid groups (broad SMARTS) is 1. The number of hydrogen-bond donors (Lipinski definition) is 2. The third-order valence-corrected chi connectivity index (χ3v) is 3.61. The Bertz CT molecular complexity index is 381. The van der Waals surface area contributed by atoms with Gasteiger partial charge in [-0.15, -0.1) is 0 Å². The van der Waals surface area contributed by atoms with Crippen molar-refractivity contribution >= 4 is 17.8 Å². The second-order valence-electron chi connectivity index (χ2n) is 5.75. The van der Waals surface area contributed by atoms with Crippen molar-refractivity contribution in [3.05, 3.63) is 0 Å². The van der Waals surface area contributed by atoms with Crippen LogP contribution >= 0.6 is 0 Å². The van der Waals surface area contributed by atoms with Gasteiger partial charge in [0.2, 0.25) is 11.8 Å². The van der Waals surface area contributed by atoms with Gasteiger partial charge in [0.25, 0.3) is 0 Å². The van der Waals surface area contributed by atoms with Crippen molar-refractivity contribution in [3.8, 4) is 0 Å². The van der Waals surface area contributed by atoms with Crippen molar-refractivity contribution in [1.29, 1.82) is 0 Å². The molecule has 0 bridgehead atoms. The molecule has 2 N–H and O–H groups in total. The Kier molecular flexibility index (Phi) is 5.98. The van der Waals surface area contributed by atoms with Gasteiger partial charge >= 0.3 is 5.97 Å². The number of carbonyl (C=O) groups excluding carboxylic acids is 2. The average molecular weight is 284 g/mol. The molecule has 1 aliphatic carbocycles. The highest BCUT2D eigenvalue weighted by atomic mass is 16.4. The van der Waals surface area contributed by atoms with Gasteiger partial charge in [-0.1, -0.05) is 12.8 Å². The fourth-order valence-electron chi connectivity index (χ4n) is 2.67. The van der Waals surface area contributed by atoms with Gasteiger partial charge in [0.05, 0.1) is 18.4 Å². The number of nitrogens with zero attached hydrogens (tertiary/aromatic N) is 1. The van der Waals surface area contributed by atoms with E-state index in [0.717, 1.165) is 12.8 Å². The Hall–Kier alpha value is -1.59. The summed E-state index contributed by atoms with van der Waals surface area (Å²) >= 11 is 0. The normalized spacial score (nSPS) is 22.4. The second-order valence-corrected chi connectivity index (χ2v) is 5.75. The van der Waals surface area contributed by atoms with Gasteiger partial charge in [0.1, 0.15) is 0 Å². The van der Waals surface area contributed by atoms with Gasteiger partial charge in [-0.25, -0.2) is 0 Å². The van der Waals surface area contributed by atoms with Crippen LogP contribution in [0.4, 0.5) is 0 Å². The molecule has 1 rings (SSSR count). The lowest BCUT2D eigenvalue weighted by Crippen LogP contribution is -2.45. The molecule has 20 heavy (non-hydrogen) atoms. The first kappa shape index (κ1) is 16.5. The molecule has 0 heterocycles. The minimum absolute atomic E-state index is 0.0208. The number of amides is 2. The number of nitrogens with one attached hydrogen (secondary N) is 1. The van der Waals surface area contributed by atoms with E-state index in [1.54, 1.807) is 7.05 Å². The molecule has 6 nitrogen and oxygen atoms in total. The quantitative estimate of drug-likeness (QED) is 0.784. The minimum Gasteiger partial charge on any atom is -0.481 e. The SMILES string of the molecule is CC(C)NC(=O)CN(C)C(=O)C1CCCCC1C(=O)O. The summed E-state index contributed by atoms with van der Waals surface area (Å²) in [6, 6.07) is 0.0208. The molecule has 1 saturated carbocycles. The first-order valence-electron chi connectivity index (χ1n) is 7.10. The summed E-state index contributed by atoms with van der Waals surface area (Å²) in [7, 11) is 1.55. The van der Waals surface area contributed by atoms with Crippen LogP contribution in [-0.2, 0) is 14.4 Å². The highest BCUT2D eigenvalue weighted by molar-refractivity contribution is 5.88. The Morgan fingerprint density at radius 3 is 2.25 bits per heavy atom. The average Bonchev–Trinajstić information content (AvgIpc) is 2.36. The largest absolute Gasteiger partial charge is 0.481 e. The lowest BCUT2D eigenvalue weighted by molar-refractivity contribution is -0.152. The molecule has 0 saturated heterocycles. The lowest BCUT2D eigenvalue weighted by atomic mass is 9.78. The third kappa shape index (κ3) is 4.51. The van der Waals surface area contributed by atoms with Crippen LogP contribution in [0.25, 0.3) is 0 Å². The van der Waals surface area contributed by atoms with Crippen molar-refractivity contribution in [2.24, 2.45) is 11.8 Å². The topological polar surface area (TPSA) is 86.7 Å². The van der Waals surface area contributed by atoms with Crippen molar-refractivity contribution in [2.45, 2.75) is 45.6 Å². The molecule has 0 aromatic carbocycles. The number of aliphatic carboxylic acids is 1. The van der Waals surface area contributed by atoms with Crippen LogP contribution in [0.3, 0.4) is 0 Å². The molecule has 0 radical (unpaired) electrons. The molecule has 0 aliphatic heterocycles. The summed E-state index contributed by atoms with van der Waals surface area (Å²) in [5.41, 5.74) is 0. The van der Waals surface area contributed by atoms with Gasteiger partial charge < -0.3 is 15.3 Å². The van der Waals surface area contributed by atoms with Crippen LogP contribution in [0.1, 0.15) is 39.5 Å². The molecule has 1 fully saturated rings. The number of carboxylic acids is 1. The maximum atomic E-state index is 12.3. The van der Waals surface area contributed by atoms with E-state index in [-0.39, 0.29) is 24.4 Å². The van der Waals surface area contributed by atoms with Crippen LogP contribution in [0.2, 0.25) is 0 Å². The Balaban J connectivity index is 2.62. The van der Waals surface area contributed by atoms with E-state index in [9.17, 15) is 19.5 Å². The number of likely N-dealkylation sites (N-methyl/N-ethyl adjacent to an activating group) is 1. The van der Waals surface area contributed by atoms with E-state index in [1.165, 1.54) is 4.90 Å². The minimum atomic E-state index is -0.914. The summed E-state index contributed by atoms with van der Waals surface area (Å²) < 4.78 is 0. The van der Waals surface area contributed by atoms with Gasteiger partial charge in [-0.05, 0) is 26.7 Å². The zero-order valence-electron chi connectivity index (χ0n) is 12.4. The molecule has 2 atom stereocenters. The summed E-state index contributed by atoms with van der Waals surface area (Å²) in [6.07, 6.45) is 2.84. The molecule has 2 unspecified atom stereocenters. The first-order chi connectivity index (χ1) is 9.32. The van der Waals surface area contributed by atoms with E-state index in [2.05, 4.69) is 5.32 Å². The lowest BCUT2D eigenvalue weighted by Gasteiger charge is -2.30. The first-order valence-corrected chi connectivity index (χ1v) is 7.10. The standard InChI is InChI=1S/C14H24N2O4/c1-9(2)15-12(17)8-16(3)13(18)10-6-4-5-7-11(10)14(19)20/h9-11H,4-8H2,1-3H3,(H,15,17)(H,19,20). The van der Waals surface area contributed by atoms with Gasteiger partial charge in [-0.3, -0.25) is 14.4 Å². The van der Waals surface area contributed by atoms with Crippen LogP contribution in [0, 0.1) is 11.8 Å². The van der Waals surface area contributed by atoms with Crippen molar-refractivity contribution < 1.29 is 19.5 Å². The van der Waals surface area contributed by atoms with Gasteiger partial charge in [0, 0.05) is 13.1 Å². The van der Waals surface area contributed by atoms with E-state index >= 15 is 0 Å². The van der Waals surface area contributed by atoms with E-state index in [4.69, 9.17) is 0 Å². The van der Waals surface area contributed by atoms with Crippen LogP contribution in [0.5, 0.6) is 0 Å². The van der Waals surface area contributed by atoms with Crippen LogP contribution < -0.4 is 5.32 Å². The number of rotatable bonds is 5. The fraction of sp³-hybridized carbons (Fsp3) is 0.786. The molecule has 114 valence electrons. The maximum absolute atomic E-state index is 12.3. The van der Waals surface area contributed by atoms with Gasteiger partial charge in [0.15, 0.2) is 0 Å². The highest BCUT2D eigenvalue weighted by Crippen LogP contribution is 2.31. The van der Waals surface area contributed by atoms with Crippen molar-refractivity contribution in [3.63, 3.8) is 0 Å². The number of hydrogen-bond acceptors (Lipinski definition) is 3. The second kappa shape index (κ2) is 7.26. The van der Waals surface area contributed by atoms with E-state index in [1.807, 2.05) is 13.8 Å². The van der Waals surface area contributed by atoms with Crippen LogP contribution in [0.15, 0.2) is 0 Å². The van der Waals surface area contributed by atoms with Crippen molar-refractivity contribution in [2.75, 3.05) is 13.6 Å². The zero-order valence-corrected chi connectivity index (χ0v) is 12.4. The molecule has 1 aliphatic rings. The highest BCUT2D eigenvalue weighted by Gasteiger charge is 2.37. The van der Waals surface area contributed by atoms with Gasteiger partial charge in [-0.2, -0.15) is 0 Å². The molecule has 2 amide bonds. The van der Waals surface area contributed by atoms with Crippen molar-refractivity contribution in [1.82, 2.24) is 10.2 Å². The molecule has 0 aromatic heterocycles. The molecular formula is C14H24N2O4. The fourth-order valence-corrected chi connectivity index (χ4v) is 2.67. The molecule has 0 spiro atoms. The van der Waals surface area contributed by atoms with E-state index in [0.29, 0.717) is 12.8 Å². The Morgan fingerprint density at radius 1 is 1.20 bits per heavy atom. The zero-order chi connectivity index (χ0) is 15.3. The predicted molar refractivity (Wildman–Crippen MR) is 74.0 cm³/mol. The summed E-state index contributed by atoms with van der Waals surface area (Å²) in [5.74, 6) is -2.50. The number of carbonyl (C=O) groups is 3. The Morgan fingerprint density at radius 2 is 1.75 bits per heavy atom. The smallest absolute Gasteiger partial charge is 0.307 e. The summed E-state index contributed by atoms with van der Waals surface area (Å²) in [6.45, 7) is 3.67. The third-order valence-electron chi connectivity index (χ3n) is 3.61. The Labute approximate surface area is 119 Å². The molecule has 0 aromatic rings. The van der Waals surface area contributed by atoms with E-state index < -0.39 is 17.8 Å². The maximum Gasteiger partial charge on any atom is 0.307 e. The molecule has 6 heteroatoms.